The molecule has 1 amide bonds. The van der Waals surface area contributed by atoms with Crippen LogP contribution in [0.3, 0.4) is 0 Å². The highest BCUT2D eigenvalue weighted by Crippen LogP contribution is 2.32. The van der Waals surface area contributed by atoms with Crippen molar-refractivity contribution in [1.82, 2.24) is 5.32 Å². The maximum Gasteiger partial charge on any atom is 0.257 e. The maximum absolute atomic E-state index is 11.1. The maximum atomic E-state index is 11.1. The lowest BCUT2D eigenvalue weighted by Crippen LogP contribution is -2.28. The first-order chi connectivity index (χ1) is 7.54. The number of rotatable bonds is 4. The van der Waals surface area contributed by atoms with Gasteiger partial charge in [0.1, 0.15) is 5.75 Å². The molecular weight excluding hydrogens is 251 g/mol. The molecule has 16 heavy (non-hydrogen) atoms. The number of nitrogens with two attached hydrogens (primary N) is 1. The van der Waals surface area contributed by atoms with Crippen LogP contribution in [0.5, 0.6) is 5.75 Å². The first-order valence-electron chi connectivity index (χ1n) is 4.68. The average Bonchev–Trinajstić information content (AvgIpc) is 2.22. The number of halogens is 2. The fourth-order valence-electron chi connectivity index (χ4n) is 1.06. The van der Waals surface area contributed by atoms with Crippen molar-refractivity contribution in [3.63, 3.8) is 0 Å². The summed E-state index contributed by atoms with van der Waals surface area (Å²) in [5.41, 5.74) is 6.00. The van der Waals surface area contributed by atoms with Gasteiger partial charge in [-0.15, -0.1) is 0 Å². The number of amides is 1. The second-order valence-electron chi connectivity index (χ2n) is 3.05. The lowest BCUT2D eigenvalue weighted by molar-refractivity contribution is -0.122. The third-order valence-corrected chi connectivity index (χ3v) is 2.51. The van der Waals surface area contributed by atoms with E-state index >= 15 is 0 Å². The van der Waals surface area contributed by atoms with Crippen molar-refractivity contribution in [2.24, 2.45) is 0 Å². The van der Waals surface area contributed by atoms with Gasteiger partial charge in [0, 0.05) is 12.6 Å². The molecule has 0 saturated heterocycles. The lowest BCUT2D eigenvalue weighted by Gasteiger charge is -2.09. The van der Waals surface area contributed by atoms with Crippen LogP contribution in [0, 0.1) is 0 Å². The Morgan fingerprint density at radius 1 is 1.44 bits per heavy atom. The third-order valence-electron chi connectivity index (χ3n) is 1.79. The first-order valence-corrected chi connectivity index (χ1v) is 5.44. The van der Waals surface area contributed by atoms with Crippen LogP contribution in [0.1, 0.15) is 6.92 Å². The van der Waals surface area contributed by atoms with Crippen LogP contribution in [0.25, 0.3) is 0 Å². The van der Waals surface area contributed by atoms with E-state index in [9.17, 15) is 4.79 Å². The van der Waals surface area contributed by atoms with Crippen molar-refractivity contribution in [1.29, 1.82) is 0 Å². The molecule has 4 nitrogen and oxygen atoms in total. The van der Waals surface area contributed by atoms with Gasteiger partial charge >= 0.3 is 0 Å². The summed E-state index contributed by atoms with van der Waals surface area (Å²) in [4.78, 5) is 11.1. The molecule has 0 saturated carbocycles. The molecule has 0 aliphatic rings. The van der Waals surface area contributed by atoms with Gasteiger partial charge in [-0.25, -0.2) is 0 Å². The summed E-state index contributed by atoms with van der Waals surface area (Å²) < 4.78 is 5.21. The molecule has 1 aromatic carbocycles. The number of likely N-dealkylation sites (N-methyl/N-ethyl adjacent to an activating group) is 1. The Morgan fingerprint density at radius 3 is 2.69 bits per heavy atom. The van der Waals surface area contributed by atoms with Gasteiger partial charge in [0.15, 0.2) is 6.61 Å². The monoisotopic (exact) mass is 262 g/mol. The molecular formula is C10H12Cl2N2O2. The Balaban J connectivity index is 2.67. The molecule has 0 aromatic heterocycles. The predicted molar refractivity (Wildman–Crippen MR) is 65.1 cm³/mol. The van der Waals surface area contributed by atoms with Crippen molar-refractivity contribution >= 4 is 34.8 Å². The van der Waals surface area contributed by atoms with Crippen LogP contribution in [-0.2, 0) is 4.79 Å². The Hall–Kier alpha value is -1.13. The zero-order valence-corrected chi connectivity index (χ0v) is 10.2. The fraction of sp³-hybridized carbons (Fsp3) is 0.300. The number of carbonyl (C=O) groups is 1. The highest BCUT2D eigenvalue weighted by atomic mass is 35.5. The molecule has 0 atom stereocenters. The summed E-state index contributed by atoms with van der Waals surface area (Å²) >= 11 is 11.5. The van der Waals surface area contributed by atoms with E-state index in [1.165, 1.54) is 12.1 Å². The highest BCUT2D eigenvalue weighted by Gasteiger charge is 2.08. The molecule has 0 bridgehead atoms. The quantitative estimate of drug-likeness (QED) is 0.817. The lowest BCUT2D eigenvalue weighted by atomic mass is 10.3. The number of benzene rings is 1. The molecule has 88 valence electrons. The minimum Gasteiger partial charge on any atom is -0.482 e. The second kappa shape index (κ2) is 5.82. The van der Waals surface area contributed by atoms with Gasteiger partial charge in [0.2, 0.25) is 0 Å². The molecule has 1 rings (SSSR count). The predicted octanol–water partition coefficient (Wildman–Crippen LogP) is 2.09. The van der Waals surface area contributed by atoms with Gasteiger partial charge in [-0.3, -0.25) is 4.79 Å². The van der Waals surface area contributed by atoms with Gasteiger partial charge in [0.25, 0.3) is 5.91 Å². The minimum atomic E-state index is -0.215. The van der Waals surface area contributed by atoms with E-state index in [2.05, 4.69) is 5.32 Å². The molecule has 6 heteroatoms. The van der Waals surface area contributed by atoms with Crippen LogP contribution in [0.4, 0.5) is 5.69 Å². The number of anilines is 1. The van der Waals surface area contributed by atoms with Crippen molar-refractivity contribution in [2.45, 2.75) is 6.92 Å². The Kier molecular flexibility index (Phi) is 4.71. The van der Waals surface area contributed by atoms with Gasteiger partial charge in [-0.1, -0.05) is 23.2 Å². The molecule has 0 spiro atoms. The van der Waals surface area contributed by atoms with Crippen molar-refractivity contribution < 1.29 is 9.53 Å². The van der Waals surface area contributed by atoms with Crippen LogP contribution in [-0.4, -0.2) is 19.1 Å². The first kappa shape index (κ1) is 12.9. The van der Waals surface area contributed by atoms with E-state index in [0.717, 1.165) is 0 Å². The number of ether oxygens (including phenoxy) is 1. The number of nitrogen functional groups attached to an aromatic ring is 1. The number of hydrogen-bond acceptors (Lipinski definition) is 3. The molecule has 3 N–H and O–H groups in total. The van der Waals surface area contributed by atoms with E-state index < -0.39 is 0 Å². The summed E-state index contributed by atoms with van der Waals surface area (Å²) in [6, 6.07) is 2.97. The summed E-state index contributed by atoms with van der Waals surface area (Å²) in [7, 11) is 0. The van der Waals surface area contributed by atoms with Crippen molar-refractivity contribution in [3.05, 3.63) is 22.2 Å². The van der Waals surface area contributed by atoms with E-state index in [1.807, 2.05) is 6.92 Å². The standard InChI is InChI=1S/C10H12Cl2N2O2/c1-2-14-10(15)5-16-9-4-7(12)6(11)3-8(9)13/h3-4H,2,5,13H2,1H3,(H,14,15). The highest BCUT2D eigenvalue weighted by molar-refractivity contribution is 6.42. The zero-order chi connectivity index (χ0) is 12.1. The molecule has 1 aromatic rings. The van der Waals surface area contributed by atoms with E-state index in [-0.39, 0.29) is 12.5 Å². The second-order valence-corrected chi connectivity index (χ2v) is 3.86. The molecule has 0 heterocycles. The largest absolute Gasteiger partial charge is 0.482 e. The van der Waals surface area contributed by atoms with Gasteiger partial charge in [-0.05, 0) is 13.0 Å². The molecule has 0 unspecified atom stereocenters. The van der Waals surface area contributed by atoms with Gasteiger partial charge in [0.05, 0.1) is 15.7 Å². The van der Waals surface area contributed by atoms with Crippen molar-refractivity contribution in [3.8, 4) is 5.75 Å². The number of hydrogen-bond donors (Lipinski definition) is 2. The van der Waals surface area contributed by atoms with Crippen molar-refractivity contribution in [2.75, 3.05) is 18.9 Å². The Bertz CT molecular complexity index is 397. The van der Waals surface area contributed by atoms with E-state index in [4.69, 9.17) is 33.7 Å². The molecule has 0 aliphatic heterocycles. The van der Waals surface area contributed by atoms with E-state index in [0.29, 0.717) is 28.0 Å². The van der Waals surface area contributed by atoms with Crippen LogP contribution in [0.2, 0.25) is 10.0 Å². The van der Waals surface area contributed by atoms with Crippen LogP contribution < -0.4 is 15.8 Å². The Morgan fingerprint density at radius 2 is 2.06 bits per heavy atom. The van der Waals surface area contributed by atoms with Gasteiger partial charge < -0.3 is 15.8 Å². The van der Waals surface area contributed by atoms with E-state index in [1.54, 1.807) is 0 Å². The summed E-state index contributed by atoms with van der Waals surface area (Å²) in [6.07, 6.45) is 0. The third kappa shape index (κ3) is 3.47. The summed E-state index contributed by atoms with van der Waals surface area (Å²) in [5, 5.41) is 3.28. The SMILES string of the molecule is CCNC(=O)COc1cc(Cl)c(Cl)cc1N. The normalized spacial score (nSPS) is 9.94. The zero-order valence-electron chi connectivity index (χ0n) is 8.72. The summed E-state index contributed by atoms with van der Waals surface area (Å²) in [6.45, 7) is 2.28. The summed E-state index contributed by atoms with van der Waals surface area (Å²) in [5.74, 6) is 0.133. The molecule has 0 radical (unpaired) electrons. The smallest absolute Gasteiger partial charge is 0.257 e. The van der Waals surface area contributed by atoms with Crippen LogP contribution >= 0.6 is 23.2 Å². The number of carbonyl (C=O) groups excluding carboxylic acids is 1. The van der Waals surface area contributed by atoms with Crippen LogP contribution in [0.15, 0.2) is 12.1 Å². The molecule has 0 aliphatic carbocycles. The fourth-order valence-corrected chi connectivity index (χ4v) is 1.39. The molecule has 0 fully saturated rings. The minimum absolute atomic E-state index is 0.101. The topological polar surface area (TPSA) is 64.3 Å². The number of nitrogens with one attached hydrogen (secondary N) is 1. The average molecular weight is 263 g/mol. The van der Waals surface area contributed by atoms with Gasteiger partial charge in [-0.2, -0.15) is 0 Å². The Labute approximate surface area is 104 Å².